The van der Waals surface area contributed by atoms with Crippen molar-refractivity contribution in [1.82, 2.24) is 0 Å². The number of fused-ring (bicyclic) bond motifs is 6. The summed E-state index contributed by atoms with van der Waals surface area (Å²) in [6.07, 6.45) is 1.78. The van der Waals surface area contributed by atoms with Gasteiger partial charge in [-0.2, -0.15) is 0 Å². The van der Waals surface area contributed by atoms with Gasteiger partial charge in [0.25, 0.3) is 0 Å². The standard InChI is InChI=1S/C40H24O2/c1-2-12-25(13-3-1)27-14-4-5-15-28(27)36-29-16-6-8-18-31(29)37(32-19-9-7-17-30(32)36)39-38-33-20-10-11-21-34(33)42-35(38)24-26-22-23-41-40(26)39/h1-24H. The Morgan fingerprint density at radius 3 is 1.69 bits per heavy atom. The first kappa shape index (κ1) is 23.1. The number of rotatable bonds is 3. The zero-order valence-electron chi connectivity index (χ0n) is 22.7. The van der Waals surface area contributed by atoms with Crippen LogP contribution in [0.2, 0.25) is 0 Å². The van der Waals surface area contributed by atoms with Crippen molar-refractivity contribution in [3.63, 3.8) is 0 Å². The van der Waals surface area contributed by atoms with E-state index in [0.717, 1.165) is 38.5 Å². The number of hydrogen-bond acceptors (Lipinski definition) is 2. The highest BCUT2D eigenvalue weighted by molar-refractivity contribution is 6.29. The highest BCUT2D eigenvalue weighted by atomic mass is 16.3. The normalized spacial score (nSPS) is 11.8. The van der Waals surface area contributed by atoms with Gasteiger partial charge in [0, 0.05) is 27.3 Å². The van der Waals surface area contributed by atoms with E-state index in [1.165, 1.54) is 49.4 Å². The highest BCUT2D eigenvalue weighted by Gasteiger charge is 2.24. The molecule has 0 amide bonds. The summed E-state index contributed by atoms with van der Waals surface area (Å²) >= 11 is 0. The molecule has 9 aromatic rings. The molecule has 0 radical (unpaired) electrons. The van der Waals surface area contributed by atoms with Gasteiger partial charge in [-0.25, -0.2) is 0 Å². The van der Waals surface area contributed by atoms with Gasteiger partial charge in [-0.3, -0.25) is 0 Å². The quantitative estimate of drug-likeness (QED) is 0.210. The van der Waals surface area contributed by atoms with Crippen LogP contribution in [0.15, 0.2) is 155 Å². The Morgan fingerprint density at radius 1 is 0.405 bits per heavy atom. The van der Waals surface area contributed by atoms with E-state index in [1.807, 2.05) is 18.2 Å². The fourth-order valence-electron chi connectivity index (χ4n) is 6.81. The maximum Gasteiger partial charge on any atom is 0.142 e. The van der Waals surface area contributed by atoms with Crippen LogP contribution >= 0.6 is 0 Å². The first-order valence-electron chi connectivity index (χ1n) is 14.3. The molecule has 0 aliphatic rings. The summed E-state index contributed by atoms with van der Waals surface area (Å²) in [5.41, 5.74) is 9.75. The van der Waals surface area contributed by atoms with Gasteiger partial charge in [-0.15, -0.1) is 0 Å². The molecule has 0 fully saturated rings. The van der Waals surface area contributed by atoms with Crippen LogP contribution in [0, 0.1) is 0 Å². The minimum Gasteiger partial charge on any atom is -0.464 e. The molecule has 0 N–H and O–H groups in total. The van der Waals surface area contributed by atoms with E-state index in [4.69, 9.17) is 8.83 Å². The number of hydrogen-bond donors (Lipinski definition) is 0. The number of furan rings is 2. The molecule has 42 heavy (non-hydrogen) atoms. The molecule has 196 valence electrons. The molecule has 0 bridgehead atoms. The Morgan fingerprint density at radius 2 is 0.976 bits per heavy atom. The van der Waals surface area contributed by atoms with Crippen LogP contribution < -0.4 is 0 Å². The minimum atomic E-state index is 0.867. The minimum absolute atomic E-state index is 0.867. The van der Waals surface area contributed by atoms with Gasteiger partial charge in [-0.05, 0) is 62.0 Å². The van der Waals surface area contributed by atoms with Gasteiger partial charge in [0.1, 0.15) is 16.7 Å². The molecule has 9 rings (SSSR count). The summed E-state index contributed by atoms with van der Waals surface area (Å²) in [6, 6.07) is 49.4. The average molecular weight is 537 g/mol. The lowest BCUT2D eigenvalue weighted by atomic mass is 9.83. The summed E-state index contributed by atoms with van der Waals surface area (Å²) in [6.45, 7) is 0. The third-order valence-electron chi connectivity index (χ3n) is 8.54. The van der Waals surface area contributed by atoms with Crippen LogP contribution in [-0.2, 0) is 0 Å². The van der Waals surface area contributed by atoms with Gasteiger partial charge in [0.2, 0.25) is 0 Å². The topological polar surface area (TPSA) is 26.3 Å². The summed E-state index contributed by atoms with van der Waals surface area (Å²) in [5.74, 6) is 0. The van der Waals surface area contributed by atoms with Gasteiger partial charge in [0.05, 0.1) is 6.26 Å². The first-order valence-corrected chi connectivity index (χ1v) is 14.3. The summed E-state index contributed by atoms with van der Waals surface area (Å²) in [4.78, 5) is 0. The van der Waals surface area contributed by atoms with Gasteiger partial charge < -0.3 is 8.83 Å². The third kappa shape index (κ3) is 3.27. The molecular formula is C40H24O2. The Kier molecular flexibility index (Phi) is 4.93. The van der Waals surface area contributed by atoms with Crippen molar-refractivity contribution in [2.75, 3.05) is 0 Å². The van der Waals surface area contributed by atoms with Crippen molar-refractivity contribution in [3.8, 4) is 33.4 Å². The summed E-state index contributed by atoms with van der Waals surface area (Å²) < 4.78 is 12.7. The Bertz CT molecular complexity index is 2400. The largest absolute Gasteiger partial charge is 0.464 e. The van der Waals surface area contributed by atoms with Crippen LogP contribution in [0.3, 0.4) is 0 Å². The lowest BCUT2D eigenvalue weighted by molar-refractivity contribution is 0.617. The van der Waals surface area contributed by atoms with Gasteiger partial charge >= 0.3 is 0 Å². The summed E-state index contributed by atoms with van der Waals surface area (Å²) in [7, 11) is 0. The zero-order valence-corrected chi connectivity index (χ0v) is 22.7. The predicted octanol–water partition coefficient (Wildman–Crippen LogP) is 11.6. The summed E-state index contributed by atoms with van der Waals surface area (Å²) in [5, 5.41) is 7.99. The van der Waals surface area contributed by atoms with Gasteiger partial charge in [0.15, 0.2) is 0 Å². The molecule has 2 nitrogen and oxygen atoms in total. The van der Waals surface area contributed by atoms with Crippen molar-refractivity contribution in [2.45, 2.75) is 0 Å². The molecule has 2 heteroatoms. The lowest BCUT2D eigenvalue weighted by Gasteiger charge is -2.20. The highest BCUT2D eigenvalue weighted by Crippen LogP contribution is 2.50. The number of benzene rings is 7. The molecule has 2 heterocycles. The Labute approximate surface area is 242 Å². The van der Waals surface area contributed by atoms with Crippen LogP contribution in [0.5, 0.6) is 0 Å². The fourth-order valence-corrected chi connectivity index (χ4v) is 6.81. The van der Waals surface area contributed by atoms with Crippen LogP contribution in [0.25, 0.3) is 87.8 Å². The van der Waals surface area contributed by atoms with E-state index in [2.05, 4.69) is 121 Å². The van der Waals surface area contributed by atoms with E-state index in [1.54, 1.807) is 6.26 Å². The average Bonchev–Trinajstić information content (AvgIpc) is 3.68. The zero-order chi connectivity index (χ0) is 27.6. The molecular weight excluding hydrogens is 512 g/mol. The van der Waals surface area contributed by atoms with Gasteiger partial charge in [-0.1, -0.05) is 121 Å². The van der Waals surface area contributed by atoms with Crippen LogP contribution in [-0.4, -0.2) is 0 Å². The molecule has 0 unspecified atom stereocenters. The van der Waals surface area contributed by atoms with E-state index in [0.29, 0.717) is 0 Å². The molecule has 2 aromatic heterocycles. The van der Waals surface area contributed by atoms with E-state index < -0.39 is 0 Å². The number of para-hydroxylation sites is 1. The molecule has 0 atom stereocenters. The lowest BCUT2D eigenvalue weighted by Crippen LogP contribution is -1.93. The molecule has 0 spiro atoms. The van der Waals surface area contributed by atoms with Crippen molar-refractivity contribution in [2.24, 2.45) is 0 Å². The molecule has 0 saturated carbocycles. The van der Waals surface area contributed by atoms with Crippen molar-refractivity contribution in [3.05, 3.63) is 146 Å². The second kappa shape index (κ2) is 8.95. The monoisotopic (exact) mass is 536 g/mol. The fraction of sp³-hybridized carbons (Fsp3) is 0. The maximum absolute atomic E-state index is 6.43. The van der Waals surface area contributed by atoms with E-state index in [-0.39, 0.29) is 0 Å². The SMILES string of the molecule is c1ccc(-c2ccccc2-c2c3ccccc3c(-c3c4occc4cc4oc5ccccc5c34)c3ccccc23)cc1. The Hall–Kier alpha value is -5.60. The molecule has 7 aromatic carbocycles. The molecule has 0 aliphatic heterocycles. The maximum atomic E-state index is 6.43. The van der Waals surface area contributed by atoms with Crippen molar-refractivity contribution >= 4 is 54.5 Å². The second-order valence-corrected chi connectivity index (χ2v) is 10.8. The predicted molar refractivity (Wildman–Crippen MR) is 175 cm³/mol. The third-order valence-corrected chi connectivity index (χ3v) is 8.54. The Balaban J connectivity index is 1.50. The van der Waals surface area contributed by atoms with Crippen LogP contribution in [0.1, 0.15) is 0 Å². The smallest absolute Gasteiger partial charge is 0.142 e. The van der Waals surface area contributed by atoms with Crippen molar-refractivity contribution in [1.29, 1.82) is 0 Å². The second-order valence-electron chi connectivity index (χ2n) is 10.8. The first-order chi connectivity index (χ1) is 20.9. The van der Waals surface area contributed by atoms with Crippen LogP contribution in [0.4, 0.5) is 0 Å². The molecule has 0 saturated heterocycles. The van der Waals surface area contributed by atoms with E-state index >= 15 is 0 Å². The van der Waals surface area contributed by atoms with E-state index in [9.17, 15) is 0 Å². The molecule has 0 aliphatic carbocycles. The van der Waals surface area contributed by atoms with Crippen molar-refractivity contribution < 1.29 is 8.83 Å².